The van der Waals surface area contributed by atoms with Gasteiger partial charge in [-0.15, -0.1) is 0 Å². The largest absolute Gasteiger partial charge is 0.468 e. The van der Waals surface area contributed by atoms with Crippen LogP contribution < -0.4 is 5.32 Å². The molecule has 0 bridgehead atoms. The van der Waals surface area contributed by atoms with Gasteiger partial charge in [0.25, 0.3) is 0 Å². The van der Waals surface area contributed by atoms with Crippen LogP contribution in [-0.4, -0.2) is 31.4 Å². The van der Waals surface area contributed by atoms with E-state index >= 15 is 0 Å². The fraction of sp³-hybridized carbons (Fsp3) is 0.267. The van der Waals surface area contributed by atoms with Gasteiger partial charge >= 0.3 is 0 Å². The van der Waals surface area contributed by atoms with Crippen LogP contribution in [0.1, 0.15) is 11.3 Å². The lowest BCUT2D eigenvalue weighted by Crippen LogP contribution is -2.39. The molecule has 0 atom stereocenters. The van der Waals surface area contributed by atoms with E-state index in [4.69, 9.17) is 16.0 Å². The Morgan fingerprint density at radius 3 is 2.52 bits per heavy atom. The van der Waals surface area contributed by atoms with Gasteiger partial charge in [0.15, 0.2) is 0 Å². The first-order valence-corrected chi connectivity index (χ1v) is 9.06. The molecule has 23 heavy (non-hydrogen) atoms. The van der Waals surface area contributed by atoms with E-state index in [2.05, 4.69) is 5.32 Å². The molecule has 124 valence electrons. The number of halogens is 1. The van der Waals surface area contributed by atoms with E-state index in [1.807, 2.05) is 0 Å². The second-order valence-electron chi connectivity index (χ2n) is 5.01. The van der Waals surface area contributed by atoms with E-state index in [-0.39, 0.29) is 13.1 Å². The Balaban J connectivity index is 1.93. The SMILES string of the molecule is CS(=O)(=O)N(CC(=O)NCc1ccc(Cl)cc1)Cc1ccco1. The van der Waals surface area contributed by atoms with Crippen LogP contribution in [0.2, 0.25) is 5.02 Å². The summed E-state index contributed by atoms with van der Waals surface area (Å²) in [6.45, 7) is 0.0433. The van der Waals surface area contributed by atoms with E-state index in [1.54, 1.807) is 36.4 Å². The van der Waals surface area contributed by atoms with E-state index in [1.165, 1.54) is 6.26 Å². The van der Waals surface area contributed by atoms with Gasteiger partial charge in [0.1, 0.15) is 5.76 Å². The summed E-state index contributed by atoms with van der Waals surface area (Å²) in [5, 5.41) is 3.29. The minimum atomic E-state index is -3.53. The molecule has 0 saturated heterocycles. The van der Waals surface area contributed by atoms with Crippen LogP contribution in [0.15, 0.2) is 47.1 Å². The molecular weight excluding hydrogens is 340 g/mol. The van der Waals surface area contributed by atoms with Crippen LogP contribution in [0.25, 0.3) is 0 Å². The van der Waals surface area contributed by atoms with E-state index < -0.39 is 15.9 Å². The number of carbonyl (C=O) groups is 1. The first-order chi connectivity index (χ1) is 10.8. The second kappa shape index (κ2) is 7.63. The second-order valence-corrected chi connectivity index (χ2v) is 7.43. The van der Waals surface area contributed by atoms with Crippen molar-refractivity contribution in [3.8, 4) is 0 Å². The zero-order valence-corrected chi connectivity index (χ0v) is 14.1. The highest BCUT2D eigenvalue weighted by Crippen LogP contribution is 2.10. The molecule has 1 amide bonds. The van der Waals surface area contributed by atoms with Crippen LogP contribution in [0.3, 0.4) is 0 Å². The summed E-state index contributed by atoms with van der Waals surface area (Å²) in [4.78, 5) is 12.0. The third kappa shape index (κ3) is 5.70. The van der Waals surface area contributed by atoms with E-state index in [0.717, 1.165) is 16.1 Å². The van der Waals surface area contributed by atoms with Crippen molar-refractivity contribution in [2.75, 3.05) is 12.8 Å². The average molecular weight is 357 g/mol. The van der Waals surface area contributed by atoms with Crippen molar-refractivity contribution in [1.29, 1.82) is 0 Å². The Morgan fingerprint density at radius 1 is 1.26 bits per heavy atom. The normalized spacial score (nSPS) is 11.6. The van der Waals surface area contributed by atoms with Crippen molar-refractivity contribution in [1.82, 2.24) is 9.62 Å². The Hall–Kier alpha value is -1.83. The quantitative estimate of drug-likeness (QED) is 0.823. The minimum Gasteiger partial charge on any atom is -0.468 e. The topological polar surface area (TPSA) is 79.6 Å². The number of nitrogens with zero attached hydrogens (tertiary/aromatic N) is 1. The van der Waals surface area contributed by atoms with Crippen molar-refractivity contribution in [2.45, 2.75) is 13.1 Å². The molecule has 8 heteroatoms. The van der Waals surface area contributed by atoms with Gasteiger partial charge in [0.05, 0.1) is 25.6 Å². The average Bonchev–Trinajstić information content (AvgIpc) is 2.98. The zero-order chi connectivity index (χ0) is 16.9. The number of amides is 1. The van der Waals surface area contributed by atoms with Crippen molar-refractivity contribution >= 4 is 27.5 Å². The zero-order valence-electron chi connectivity index (χ0n) is 12.5. The Morgan fingerprint density at radius 2 is 1.96 bits per heavy atom. The van der Waals surface area contributed by atoms with Crippen LogP contribution >= 0.6 is 11.6 Å². The Labute approximate surface area is 140 Å². The molecule has 1 N–H and O–H groups in total. The molecule has 1 aromatic heterocycles. The van der Waals surface area contributed by atoms with E-state index in [0.29, 0.717) is 17.3 Å². The first kappa shape index (κ1) is 17.5. The smallest absolute Gasteiger partial charge is 0.235 e. The number of hydrogen-bond donors (Lipinski definition) is 1. The summed E-state index contributed by atoms with van der Waals surface area (Å²) in [6.07, 6.45) is 2.51. The summed E-state index contributed by atoms with van der Waals surface area (Å²) < 4.78 is 29.8. The molecule has 0 radical (unpaired) electrons. The van der Waals surface area contributed by atoms with E-state index in [9.17, 15) is 13.2 Å². The molecule has 2 aromatic rings. The lowest BCUT2D eigenvalue weighted by Gasteiger charge is -2.18. The maximum Gasteiger partial charge on any atom is 0.235 e. The number of carbonyl (C=O) groups excluding carboxylic acids is 1. The number of furan rings is 1. The van der Waals surface area contributed by atoms with Gasteiger partial charge in [0.2, 0.25) is 15.9 Å². The number of nitrogens with one attached hydrogen (secondary N) is 1. The number of rotatable bonds is 7. The van der Waals surface area contributed by atoms with Gasteiger partial charge in [-0.05, 0) is 29.8 Å². The molecule has 0 aliphatic carbocycles. The van der Waals surface area contributed by atoms with Crippen molar-refractivity contribution in [3.63, 3.8) is 0 Å². The standard InChI is InChI=1S/C15H17ClN2O4S/c1-23(20,21)18(10-14-3-2-8-22-14)11-15(19)17-9-12-4-6-13(16)7-5-12/h2-8H,9-11H2,1H3,(H,17,19). The summed E-state index contributed by atoms with van der Waals surface area (Å²) in [7, 11) is -3.53. The van der Waals surface area contributed by atoms with Gasteiger partial charge in [-0.25, -0.2) is 8.42 Å². The van der Waals surface area contributed by atoms with Crippen molar-refractivity contribution in [2.24, 2.45) is 0 Å². The Bertz CT molecular complexity index is 742. The number of benzene rings is 1. The van der Waals surface area contributed by atoms with Crippen molar-refractivity contribution < 1.29 is 17.6 Å². The molecule has 6 nitrogen and oxygen atoms in total. The minimum absolute atomic E-state index is 0.0141. The highest BCUT2D eigenvalue weighted by atomic mass is 35.5. The third-order valence-corrected chi connectivity index (χ3v) is 4.55. The molecular formula is C15H17ClN2O4S. The summed E-state index contributed by atoms with van der Waals surface area (Å²) >= 11 is 5.79. The maximum atomic E-state index is 12.0. The predicted molar refractivity (Wildman–Crippen MR) is 87.3 cm³/mol. The highest BCUT2D eigenvalue weighted by molar-refractivity contribution is 7.88. The molecule has 0 aliphatic heterocycles. The van der Waals surface area contributed by atoms with Crippen LogP contribution in [0, 0.1) is 0 Å². The first-order valence-electron chi connectivity index (χ1n) is 6.83. The lowest BCUT2D eigenvalue weighted by atomic mass is 10.2. The third-order valence-electron chi connectivity index (χ3n) is 3.10. The Kier molecular flexibility index (Phi) is 5.81. The highest BCUT2D eigenvalue weighted by Gasteiger charge is 2.21. The fourth-order valence-corrected chi connectivity index (χ4v) is 2.73. The summed E-state index contributed by atoms with van der Waals surface area (Å²) in [5.74, 6) is 0.0813. The molecule has 0 spiro atoms. The predicted octanol–water partition coefficient (Wildman–Crippen LogP) is 2.01. The molecule has 2 rings (SSSR count). The van der Waals surface area contributed by atoms with Crippen LogP contribution in [0.4, 0.5) is 0 Å². The van der Waals surface area contributed by atoms with Gasteiger partial charge < -0.3 is 9.73 Å². The summed E-state index contributed by atoms with van der Waals surface area (Å²) in [5.41, 5.74) is 0.875. The lowest BCUT2D eigenvalue weighted by molar-refractivity contribution is -0.121. The molecule has 0 unspecified atom stereocenters. The number of hydrogen-bond acceptors (Lipinski definition) is 4. The molecule has 0 fully saturated rings. The number of sulfonamides is 1. The molecule has 0 aliphatic rings. The fourth-order valence-electron chi connectivity index (χ4n) is 1.89. The van der Waals surface area contributed by atoms with Crippen LogP contribution in [-0.2, 0) is 27.9 Å². The maximum absolute atomic E-state index is 12.0. The summed E-state index contributed by atoms with van der Waals surface area (Å²) in [6, 6.07) is 10.4. The molecule has 1 aromatic carbocycles. The van der Waals surface area contributed by atoms with Crippen molar-refractivity contribution in [3.05, 3.63) is 59.0 Å². The van der Waals surface area contributed by atoms with Gasteiger partial charge in [-0.2, -0.15) is 4.31 Å². The molecule has 1 heterocycles. The van der Waals surface area contributed by atoms with Gasteiger partial charge in [-0.3, -0.25) is 4.79 Å². The molecule has 0 saturated carbocycles. The van der Waals surface area contributed by atoms with Crippen LogP contribution in [0.5, 0.6) is 0 Å². The van der Waals surface area contributed by atoms with Gasteiger partial charge in [-0.1, -0.05) is 23.7 Å². The monoisotopic (exact) mass is 356 g/mol. The van der Waals surface area contributed by atoms with Gasteiger partial charge in [0, 0.05) is 11.6 Å².